The van der Waals surface area contributed by atoms with Gasteiger partial charge < -0.3 is 15.5 Å². The van der Waals surface area contributed by atoms with Crippen LogP contribution in [-0.4, -0.2) is 18.1 Å². The number of aryl methyl sites for hydroxylation is 1. The van der Waals surface area contributed by atoms with Crippen LogP contribution < -0.4 is 15.5 Å². The lowest BCUT2D eigenvalue weighted by Gasteiger charge is -2.16. The largest absolute Gasteiger partial charge is 0.332 e. The molecule has 0 heterocycles. The maximum atomic E-state index is 11.3. The number of nitrogens with one attached hydrogen (secondary N) is 2. The Labute approximate surface area is 142 Å². The average molecular weight is 327 g/mol. The first kappa shape index (κ1) is 17.0. The number of carbonyl (C=O) groups excluding carboxylic acids is 1. The van der Waals surface area contributed by atoms with Gasteiger partial charge in [0.2, 0.25) is 5.91 Å². The molecule has 0 aliphatic heterocycles. The first-order chi connectivity index (χ1) is 11.0. The van der Waals surface area contributed by atoms with Gasteiger partial charge in [0.05, 0.1) is 0 Å². The molecule has 0 saturated heterocycles. The number of benzene rings is 2. The van der Waals surface area contributed by atoms with Gasteiger partial charge in [-0.15, -0.1) is 0 Å². The van der Waals surface area contributed by atoms with Gasteiger partial charge in [-0.1, -0.05) is 25.1 Å². The van der Waals surface area contributed by atoms with E-state index in [1.807, 2.05) is 42.5 Å². The highest BCUT2D eigenvalue weighted by Crippen LogP contribution is 2.19. The third-order valence-corrected chi connectivity index (χ3v) is 3.84. The lowest BCUT2D eigenvalue weighted by molar-refractivity contribution is -0.116. The molecule has 1 amide bonds. The predicted octanol–water partition coefficient (Wildman–Crippen LogP) is 4.04. The molecule has 0 atom stereocenters. The summed E-state index contributed by atoms with van der Waals surface area (Å²) in [7, 11) is 1.75. The summed E-state index contributed by atoms with van der Waals surface area (Å²) in [5, 5.41) is 6.92. The molecule has 120 valence electrons. The van der Waals surface area contributed by atoms with Crippen molar-refractivity contribution in [1.29, 1.82) is 0 Å². The third-order valence-electron chi connectivity index (χ3n) is 3.63. The standard InChI is InChI=1S/C18H21N3OS/c1-4-14-7-5-6-8-17(14)20-18(23)19-15-9-11-16(12-10-15)21(3)13(2)22/h5-12H,4H2,1-3H3,(H2,19,20,23). The maximum absolute atomic E-state index is 11.3. The van der Waals surface area contributed by atoms with Crippen molar-refractivity contribution in [1.82, 2.24) is 0 Å². The number of para-hydroxylation sites is 1. The number of amides is 1. The summed E-state index contributed by atoms with van der Waals surface area (Å²) in [5.74, 6) is -0.000862. The zero-order chi connectivity index (χ0) is 16.8. The molecule has 0 saturated carbocycles. The van der Waals surface area contributed by atoms with Gasteiger partial charge in [0.15, 0.2) is 5.11 Å². The van der Waals surface area contributed by atoms with E-state index in [1.165, 1.54) is 12.5 Å². The van der Waals surface area contributed by atoms with Crippen molar-refractivity contribution in [3.05, 3.63) is 54.1 Å². The van der Waals surface area contributed by atoms with Crippen molar-refractivity contribution in [2.24, 2.45) is 0 Å². The summed E-state index contributed by atoms with van der Waals surface area (Å²) >= 11 is 5.36. The highest BCUT2D eigenvalue weighted by atomic mass is 32.1. The molecule has 0 radical (unpaired) electrons. The van der Waals surface area contributed by atoms with Crippen LogP contribution >= 0.6 is 12.2 Å². The highest BCUT2D eigenvalue weighted by Gasteiger charge is 2.06. The molecule has 4 nitrogen and oxygen atoms in total. The molecular formula is C18H21N3OS. The van der Waals surface area contributed by atoms with Crippen LogP contribution in [0.15, 0.2) is 48.5 Å². The lowest BCUT2D eigenvalue weighted by Crippen LogP contribution is -2.23. The van der Waals surface area contributed by atoms with Crippen LogP contribution in [0.25, 0.3) is 0 Å². The third kappa shape index (κ3) is 4.53. The SMILES string of the molecule is CCc1ccccc1NC(=S)Nc1ccc(N(C)C(C)=O)cc1. The smallest absolute Gasteiger partial charge is 0.223 e. The minimum atomic E-state index is -0.000862. The minimum Gasteiger partial charge on any atom is -0.332 e. The zero-order valence-electron chi connectivity index (χ0n) is 13.6. The summed E-state index contributed by atoms with van der Waals surface area (Å²) in [6, 6.07) is 15.7. The van der Waals surface area contributed by atoms with Crippen molar-refractivity contribution in [2.75, 3.05) is 22.6 Å². The summed E-state index contributed by atoms with van der Waals surface area (Å²) in [5.41, 5.74) is 3.95. The van der Waals surface area contributed by atoms with Gasteiger partial charge in [0, 0.05) is 31.0 Å². The van der Waals surface area contributed by atoms with E-state index in [9.17, 15) is 4.79 Å². The van der Waals surface area contributed by atoms with Gasteiger partial charge in [0.1, 0.15) is 0 Å². The zero-order valence-corrected chi connectivity index (χ0v) is 14.4. The Morgan fingerprint density at radius 1 is 1.09 bits per heavy atom. The van der Waals surface area contributed by atoms with Crippen LogP contribution in [0.4, 0.5) is 17.1 Å². The molecule has 2 rings (SSSR count). The molecule has 0 aliphatic carbocycles. The van der Waals surface area contributed by atoms with E-state index in [0.717, 1.165) is 23.5 Å². The maximum Gasteiger partial charge on any atom is 0.223 e. The van der Waals surface area contributed by atoms with E-state index in [4.69, 9.17) is 12.2 Å². The average Bonchev–Trinajstić information content (AvgIpc) is 2.55. The fraction of sp³-hybridized carbons (Fsp3) is 0.222. The molecule has 2 aromatic carbocycles. The van der Waals surface area contributed by atoms with Gasteiger partial charge in [0.25, 0.3) is 0 Å². The van der Waals surface area contributed by atoms with E-state index in [1.54, 1.807) is 11.9 Å². The van der Waals surface area contributed by atoms with E-state index >= 15 is 0 Å². The molecule has 0 aromatic heterocycles. The number of hydrogen-bond acceptors (Lipinski definition) is 2. The molecule has 0 fully saturated rings. The number of rotatable bonds is 4. The fourth-order valence-corrected chi connectivity index (χ4v) is 2.41. The molecule has 0 spiro atoms. The molecular weight excluding hydrogens is 306 g/mol. The monoisotopic (exact) mass is 327 g/mol. The van der Waals surface area contributed by atoms with Gasteiger partial charge in [-0.25, -0.2) is 0 Å². The van der Waals surface area contributed by atoms with Gasteiger partial charge in [-0.2, -0.15) is 0 Å². The summed E-state index contributed by atoms with van der Waals surface area (Å²) in [6.45, 7) is 3.65. The normalized spacial score (nSPS) is 10.0. The Morgan fingerprint density at radius 2 is 1.74 bits per heavy atom. The van der Waals surface area contributed by atoms with Crippen LogP contribution in [0.5, 0.6) is 0 Å². The molecule has 2 N–H and O–H groups in total. The lowest BCUT2D eigenvalue weighted by atomic mass is 10.1. The van der Waals surface area contributed by atoms with Crippen molar-refractivity contribution in [2.45, 2.75) is 20.3 Å². The van der Waals surface area contributed by atoms with E-state index in [-0.39, 0.29) is 5.91 Å². The first-order valence-electron chi connectivity index (χ1n) is 7.51. The number of anilines is 3. The Hall–Kier alpha value is -2.40. The van der Waals surface area contributed by atoms with E-state index in [0.29, 0.717) is 5.11 Å². The van der Waals surface area contributed by atoms with Crippen molar-refractivity contribution >= 4 is 40.3 Å². The quantitative estimate of drug-likeness (QED) is 0.832. The van der Waals surface area contributed by atoms with Crippen LogP contribution in [0.1, 0.15) is 19.4 Å². The number of nitrogens with zero attached hydrogens (tertiary/aromatic N) is 1. The van der Waals surface area contributed by atoms with Crippen LogP contribution in [0.3, 0.4) is 0 Å². The Morgan fingerprint density at radius 3 is 2.35 bits per heavy atom. The second-order valence-electron chi connectivity index (χ2n) is 5.21. The topological polar surface area (TPSA) is 44.4 Å². The highest BCUT2D eigenvalue weighted by molar-refractivity contribution is 7.80. The molecule has 0 bridgehead atoms. The second kappa shape index (κ2) is 7.74. The first-order valence-corrected chi connectivity index (χ1v) is 7.92. The Kier molecular flexibility index (Phi) is 5.71. The molecule has 5 heteroatoms. The van der Waals surface area contributed by atoms with Crippen molar-refractivity contribution in [3.8, 4) is 0 Å². The molecule has 2 aromatic rings. The van der Waals surface area contributed by atoms with Gasteiger partial charge >= 0.3 is 0 Å². The Balaban J connectivity index is 2.02. The van der Waals surface area contributed by atoms with E-state index in [2.05, 4.69) is 23.6 Å². The van der Waals surface area contributed by atoms with Gasteiger partial charge in [-0.05, 0) is 54.5 Å². The van der Waals surface area contributed by atoms with Crippen molar-refractivity contribution < 1.29 is 4.79 Å². The molecule has 23 heavy (non-hydrogen) atoms. The summed E-state index contributed by atoms with van der Waals surface area (Å²) < 4.78 is 0. The molecule has 0 aliphatic rings. The summed E-state index contributed by atoms with van der Waals surface area (Å²) in [4.78, 5) is 12.9. The number of hydrogen-bond donors (Lipinski definition) is 2. The fourth-order valence-electron chi connectivity index (χ4n) is 2.19. The second-order valence-corrected chi connectivity index (χ2v) is 5.62. The summed E-state index contributed by atoms with van der Waals surface area (Å²) in [6.07, 6.45) is 0.942. The minimum absolute atomic E-state index is 0.000862. The van der Waals surface area contributed by atoms with Crippen LogP contribution in [0, 0.1) is 0 Å². The predicted molar refractivity (Wildman–Crippen MR) is 101 cm³/mol. The number of carbonyl (C=O) groups is 1. The van der Waals surface area contributed by atoms with Gasteiger partial charge in [-0.3, -0.25) is 4.79 Å². The molecule has 0 unspecified atom stereocenters. The number of thiocarbonyl (C=S) groups is 1. The van der Waals surface area contributed by atoms with Crippen LogP contribution in [-0.2, 0) is 11.2 Å². The van der Waals surface area contributed by atoms with Crippen LogP contribution in [0.2, 0.25) is 0 Å². The van der Waals surface area contributed by atoms with Crippen molar-refractivity contribution in [3.63, 3.8) is 0 Å². The van der Waals surface area contributed by atoms with E-state index < -0.39 is 0 Å². The Bertz CT molecular complexity index is 698.